The molecule has 0 bridgehead atoms. The summed E-state index contributed by atoms with van der Waals surface area (Å²) in [4.78, 5) is 0. The van der Waals surface area contributed by atoms with E-state index in [1.165, 1.54) is 0 Å². The standard InChI is InChI=1S/C9H21N3O2S/c1-3-11-15(13,14)12-6-4-5-9(8-12)7-10-2/h9-11H,3-8H2,1-2H3. The van der Waals surface area contributed by atoms with E-state index in [0.29, 0.717) is 25.6 Å². The van der Waals surface area contributed by atoms with E-state index in [4.69, 9.17) is 0 Å². The minimum atomic E-state index is -3.23. The van der Waals surface area contributed by atoms with Gasteiger partial charge in [-0.15, -0.1) is 0 Å². The third kappa shape index (κ3) is 3.71. The van der Waals surface area contributed by atoms with Gasteiger partial charge in [-0.25, -0.2) is 4.72 Å². The molecule has 0 aromatic carbocycles. The van der Waals surface area contributed by atoms with E-state index in [9.17, 15) is 8.42 Å². The Labute approximate surface area is 92.4 Å². The molecule has 1 rings (SSSR count). The highest BCUT2D eigenvalue weighted by Gasteiger charge is 2.27. The number of piperidine rings is 1. The van der Waals surface area contributed by atoms with Crippen LogP contribution in [0.4, 0.5) is 0 Å². The van der Waals surface area contributed by atoms with Gasteiger partial charge in [-0.2, -0.15) is 12.7 Å². The summed E-state index contributed by atoms with van der Waals surface area (Å²) in [6.07, 6.45) is 2.07. The molecule has 0 amide bonds. The van der Waals surface area contributed by atoms with Gasteiger partial charge >= 0.3 is 0 Å². The Morgan fingerprint density at radius 1 is 1.47 bits per heavy atom. The lowest BCUT2D eigenvalue weighted by Gasteiger charge is -2.31. The molecule has 2 N–H and O–H groups in total. The maximum Gasteiger partial charge on any atom is 0.279 e. The molecule has 90 valence electrons. The van der Waals surface area contributed by atoms with Gasteiger partial charge in [-0.3, -0.25) is 0 Å². The fraction of sp³-hybridized carbons (Fsp3) is 1.00. The Kier molecular flexibility index (Phi) is 4.98. The Morgan fingerprint density at radius 2 is 2.20 bits per heavy atom. The SMILES string of the molecule is CCNS(=O)(=O)N1CCCC(CNC)C1. The van der Waals surface area contributed by atoms with Crippen molar-refractivity contribution in [3.63, 3.8) is 0 Å². The van der Waals surface area contributed by atoms with Crippen LogP contribution in [0.15, 0.2) is 0 Å². The van der Waals surface area contributed by atoms with Gasteiger partial charge < -0.3 is 5.32 Å². The molecular formula is C9H21N3O2S. The molecule has 1 unspecified atom stereocenters. The van der Waals surface area contributed by atoms with Crippen molar-refractivity contribution in [2.24, 2.45) is 5.92 Å². The summed E-state index contributed by atoms with van der Waals surface area (Å²) in [5, 5.41) is 3.10. The van der Waals surface area contributed by atoms with E-state index in [-0.39, 0.29) is 0 Å². The Morgan fingerprint density at radius 3 is 2.80 bits per heavy atom. The largest absolute Gasteiger partial charge is 0.319 e. The molecule has 5 nitrogen and oxygen atoms in total. The minimum Gasteiger partial charge on any atom is -0.319 e. The van der Waals surface area contributed by atoms with Crippen molar-refractivity contribution in [3.8, 4) is 0 Å². The van der Waals surface area contributed by atoms with Crippen LogP contribution in [0.2, 0.25) is 0 Å². The van der Waals surface area contributed by atoms with Crippen molar-refractivity contribution in [2.45, 2.75) is 19.8 Å². The lowest BCUT2D eigenvalue weighted by Crippen LogP contribution is -2.47. The average molecular weight is 235 g/mol. The van der Waals surface area contributed by atoms with E-state index in [1.807, 2.05) is 7.05 Å². The summed E-state index contributed by atoms with van der Waals surface area (Å²) < 4.78 is 27.5. The van der Waals surface area contributed by atoms with Crippen molar-refractivity contribution in [2.75, 3.05) is 33.2 Å². The predicted octanol–water partition coefficient (Wildman–Crippen LogP) is -0.228. The van der Waals surface area contributed by atoms with E-state index in [0.717, 1.165) is 19.4 Å². The molecule has 1 aliphatic rings. The van der Waals surface area contributed by atoms with Gasteiger partial charge in [0.2, 0.25) is 0 Å². The van der Waals surface area contributed by atoms with Crippen LogP contribution in [0.25, 0.3) is 0 Å². The molecule has 1 heterocycles. The van der Waals surface area contributed by atoms with Crippen LogP contribution in [0.5, 0.6) is 0 Å². The van der Waals surface area contributed by atoms with Crippen molar-refractivity contribution in [3.05, 3.63) is 0 Å². The first-order chi connectivity index (χ1) is 7.10. The normalized spacial score (nSPS) is 24.3. The fourth-order valence-electron chi connectivity index (χ4n) is 1.97. The molecule has 0 saturated carbocycles. The summed E-state index contributed by atoms with van der Waals surface area (Å²) in [5.41, 5.74) is 0. The molecule has 0 aromatic heterocycles. The quantitative estimate of drug-likeness (QED) is 0.692. The van der Waals surface area contributed by atoms with Crippen LogP contribution in [-0.2, 0) is 10.2 Å². The molecule has 1 atom stereocenters. The first-order valence-electron chi connectivity index (χ1n) is 5.49. The van der Waals surface area contributed by atoms with Gasteiger partial charge in [-0.05, 0) is 32.4 Å². The molecule has 0 spiro atoms. The lowest BCUT2D eigenvalue weighted by atomic mass is 10.00. The highest BCUT2D eigenvalue weighted by molar-refractivity contribution is 7.87. The van der Waals surface area contributed by atoms with Crippen molar-refractivity contribution in [1.29, 1.82) is 0 Å². The first-order valence-corrected chi connectivity index (χ1v) is 6.93. The van der Waals surface area contributed by atoms with Gasteiger partial charge in [0.1, 0.15) is 0 Å². The van der Waals surface area contributed by atoms with Gasteiger partial charge in [0.15, 0.2) is 0 Å². The maximum absolute atomic E-state index is 11.7. The third-order valence-electron chi connectivity index (χ3n) is 2.64. The maximum atomic E-state index is 11.7. The molecule has 0 aliphatic carbocycles. The van der Waals surface area contributed by atoms with E-state index in [1.54, 1.807) is 11.2 Å². The molecule has 1 saturated heterocycles. The zero-order valence-corrected chi connectivity index (χ0v) is 10.3. The molecular weight excluding hydrogens is 214 g/mol. The van der Waals surface area contributed by atoms with Crippen LogP contribution in [-0.4, -0.2) is 45.9 Å². The monoisotopic (exact) mass is 235 g/mol. The Bertz CT molecular complexity index is 277. The van der Waals surface area contributed by atoms with Crippen LogP contribution >= 0.6 is 0 Å². The van der Waals surface area contributed by atoms with Crippen LogP contribution in [0, 0.1) is 5.92 Å². The van der Waals surface area contributed by atoms with Crippen molar-refractivity contribution in [1.82, 2.24) is 14.3 Å². The molecule has 0 aromatic rings. The Balaban J connectivity index is 2.55. The smallest absolute Gasteiger partial charge is 0.279 e. The van der Waals surface area contributed by atoms with E-state index in [2.05, 4.69) is 10.0 Å². The van der Waals surface area contributed by atoms with Gasteiger partial charge in [0, 0.05) is 19.6 Å². The summed E-state index contributed by atoms with van der Waals surface area (Å²) in [5.74, 6) is 0.442. The lowest BCUT2D eigenvalue weighted by molar-refractivity contribution is 0.261. The predicted molar refractivity (Wildman–Crippen MR) is 60.8 cm³/mol. The summed E-state index contributed by atoms with van der Waals surface area (Å²) >= 11 is 0. The molecule has 15 heavy (non-hydrogen) atoms. The second-order valence-electron chi connectivity index (χ2n) is 3.93. The van der Waals surface area contributed by atoms with Gasteiger partial charge in [0.05, 0.1) is 0 Å². The van der Waals surface area contributed by atoms with Crippen LogP contribution in [0.3, 0.4) is 0 Å². The fourth-order valence-corrected chi connectivity index (χ4v) is 3.30. The topological polar surface area (TPSA) is 61.4 Å². The molecule has 6 heteroatoms. The average Bonchev–Trinajstić information content (AvgIpc) is 2.19. The highest BCUT2D eigenvalue weighted by Crippen LogP contribution is 2.17. The third-order valence-corrected chi connectivity index (χ3v) is 4.31. The molecule has 0 radical (unpaired) electrons. The minimum absolute atomic E-state index is 0.442. The summed E-state index contributed by atoms with van der Waals surface area (Å²) in [6, 6.07) is 0. The molecule has 1 fully saturated rings. The van der Waals surface area contributed by atoms with Crippen LogP contribution in [0.1, 0.15) is 19.8 Å². The second-order valence-corrected chi connectivity index (χ2v) is 5.68. The zero-order valence-electron chi connectivity index (χ0n) is 9.49. The summed E-state index contributed by atoms with van der Waals surface area (Å²) in [7, 11) is -1.33. The van der Waals surface area contributed by atoms with Gasteiger partial charge in [0.25, 0.3) is 10.2 Å². The number of rotatable bonds is 5. The number of hydrogen-bond acceptors (Lipinski definition) is 3. The van der Waals surface area contributed by atoms with Crippen molar-refractivity contribution >= 4 is 10.2 Å². The second kappa shape index (κ2) is 5.79. The number of nitrogens with one attached hydrogen (secondary N) is 2. The van der Waals surface area contributed by atoms with Crippen molar-refractivity contribution < 1.29 is 8.42 Å². The summed E-state index contributed by atoms with van der Waals surface area (Å²) in [6.45, 7) is 4.42. The van der Waals surface area contributed by atoms with E-state index < -0.39 is 10.2 Å². The molecule has 1 aliphatic heterocycles. The van der Waals surface area contributed by atoms with Crippen LogP contribution < -0.4 is 10.0 Å². The van der Waals surface area contributed by atoms with Gasteiger partial charge in [-0.1, -0.05) is 6.92 Å². The number of nitrogens with zero attached hydrogens (tertiary/aromatic N) is 1. The zero-order chi connectivity index (χ0) is 11.3. The Hall–Kier alpha value is -0.170. The van der Waals surface area contributed by atoms with E-state index >= 15 is 0 Å². The highest BCUT2D eigenvalue weighted by atomic mass is 32.2. The first kappa shape index (κ1) is 12.9. The number of hydrogen-bond donors (Lipinski definition) is 2.